The van der Waals surface area contributed by atoms with E-state index in [0.717, 1.165) is 33.4 Å². The van der Waals surface area contributed by atoms with E-state index < -0.39 is 20.0 Å². The zero-order chi connectivity index (χ0) is 57.3. The van der Waals surface area contributed by atoms with Gasteiger partial charge in [-0.25, -0.2) is 35.9 Å². The number of hydrogen-bond donors (Lipinski definition) is 6. The molecule has 2 atom stereocenters. The van der Waals surface area contributed by atoms with Crippen molar-refractivity contribution in [3.05, 3.63) is 126 Å². The van der Waals surface area contributed by atoms with Gasteiger partial charge in [-0.1, -0.05) is 70.7 Å². The Bertz CT molecular complexity index is 2660. The highest BCUT2D eigenvalue weighted by Gasteiger charge is 2.30. The number of benzene rings is 4. The third kappa shape index (κ3) is 21.7. The number of likely N-dealkylation sites (N-methyl/N-ethyl adjacent to an activating group) is 2. The number of rotatable bonds is 35. The van der Waals surface area contributed by atoms with E-state index in [9.17, 15) is 26.4 Å². The lowest BCUT2D eigenvalue weighted by Crippen LogP contribution is -2.39. The predicted molar refractivity (Wildman–Crippen MR) is 309 cm³/mol. The van der Waals surface area contributed by atoms with E-state index >= 15 is 0 Å². The van der Waals surface area contributed by atoms with Crippen LogP contribution < -0.4 is 30.7 Å². The number of urea groups is 2. The van der Waals surface area contributed by atoms with Crippen molar-refractivity contribution in [2.45, 2.75) is 47.6 Å². The lowest BCUT2D eigenvalue weighted by molar-refractivity contribution is 0.0165. The maximum absolute atomic E-state index is 13.1. The molecule has 26 heteroatoms. The summed E-state index contributed by atoms with van der Waals surface area (Å²) in [7, 11) is -3.56. The zero-order valence-corrected chi connectivity index (χ0v) is 49.8. The van der Waals surface area contributed by atoms with Gasteiger partial charge in [-0.15, -0.1) is 0 Å². The van der Waals surface area contributed by atoms with Gasteiger partial charge in [-0.2, -0.15) is 0 Å². The maximum Gasteiger partial charge on any atom is 0.314 e. The molecule has 2 aliphatic heterocycles. The molecular formula is C54H74Cl4N8O12S2. The van der Waals surface area contributed by atoms with Crippen LogP contribution in [0.3, 0.4) is 0 Å². The number of sulfonamides is 2. The van der Waals surface area contributed by atoms with Gasteiger partial charge in [0.15, 0.2) is 0 Å². The molecule has 0 spiro atoms. The first-order valence-electron chi connectivity index (χ1n) is 26.5. The van der Waals surface area contributed by atoms with E-state index in [0.29, 0.717) is 138 Å². The minimum Gasteiger partial charge on any atom is -0.378 e. The summed E-state index contributed by atoms with van der Waals surface area (Å²) in [5.41, 5.74) is 5.70. The summed E-state index contributed by atoms with van der Waals surface area (Å²) in [5.74, 6) is -0.179. The SMILES string of the molecule is CN1Cc2c(Cl)cc(Cl)cc2[C@H](c2cccc(S(=O)(=O)NCCOCCOCCOCCNC(=O)NCCCCNC(=O)NCCOCCOCCOCCNS(=O)(=O)c3cccc([C@@H]4CN(C)Cc5c(Cl)cc(Cl)cc54)c3)c2)C1. The van der Waals surface area contributed by atoms with Gasteiger partial charge in [0, 0.05) is 97.4 Å². The molecule has 2 heterocycles. The molecule has 0 aromatic heterocycles. The summed E-state index contributed by atoms with van der Waals surface area (Å²) in [6.45, 7) is 7.88. The standard InChI is InChI=1S/C54H74Cl4N8O12S2/c1-65-35-47(45-31-41(55)33-51(57)49(45)37-65)39-7-5-9-43(29-39)79(69,70)63-15-19-75-23-27-77-25-21-73-17-13-61-53(67)59-11-3-4-12-60-54(68)62-14-18-74-22-26-78-28-24-76-20-16-64-80(71,72)44-10-6-8-40(30-44)48-36-66(2)38-50-46(48)32-42(56)34-52(50)58/h5-10,29-34,47-48,63-64H,3-4,11-28,35-38H2,1-2H3,(H2,59,61,67)(H2,60,62,68)/t47-,48-/m0/s1. The smallest absolute Gasteiger partial charge is 0.314 e. The third-order valence-corrected chi connectivity index (χ3v) is 17.0. The maximum atomic E-state index is 13.1. The summed E-state index contributed by atoms with van der Waals surface area (Å²) in [6, 6.07) is 20.5. The second kappa shape index (κ2) is 34.0. The number of nitrogens with one attached hydrogen (secondary N) is 6. The second-order valence-corrected chi connectivity index (χ2v) is 24.3. The molecule has 0 radical (unpaired) electrons. The monoisotopic (exact) mass is 1230 g/mol. The van der Waals surface area contributed by atoms with Crippen LogP contribution >= 0.6 is 46.4 Å². The Labute approximate surface area is 490 Å². The fourth-order valence-corrected chi connectivity index (χ4v) is 12.3. The molecular weight excluding hydrogens is 1160 g/mol. The van der Waals surface area contributed by atoms with E-state index in [-0.39, 0.29) is 73.2 Å². The van der Waals surface area contributed by atoms with Crippen LogP contribution in [-0.2, 0) is 61.6 Å². The first-order chi connectivity index (χ1) is 38.5. The molecule has 4 amide bonds. The third-order valence-electron chi connectivity index (χ3n) is 12.9. The number of amides is 4. The van der Waals surface area contributed by atoms with Gasteiger partial charge in [-0.05, 0) is 109 Å². The number of nitrogens with zero attached hydrogens (tertiary/aromatic N) is 2. The van der Waals surface area contributed by atoms with Gasteiger partial charge in [0.1, 0.15) is 0 Å². The van der Waals surface area contributed by atoms with Gasteiger partial charge in [-0.3, -0.25) is 0 Å². The Balaban J connectivity index is 0.667. The number of carbonyl (C=O) groups excluding carboxylic acids is 2. The van der Waals surface area contributed by atoms with Crippen molar-refractivity contribution < 1.29 is 54.8 Å². The molecule has 2 aliphatic rings. The molecule has 0 fully saturated rings. The highest BCUT2D eigenvalue weighted by Crippen LogP contribution is 2.40. The van der Waals surface area contributed by atoms with E-state index in [1.54, 1.807) is 48.5 Å². The number of unbranched alkanes of at least 4 members (excludes halogenated alkanes) is 1. The molecule has 0 unspecified atom stereocenters. The van der Waals surface area contributed by atoms with Crippen LogP contribution in [0.25, 0.3) is 0 Å². The van der Waals surface area contributed by atoms with E-state index in [4.69, 9.17) is 74.8 Å². The van der Waals surface area contributed by atoms with Crippen molar-refractivity contribution in [1.29, 1.82) is 0 Å². The molecule has 4 aromatic rings. The van der Waals surface area contributed by atoms with Crippen molar-refractivity contribution in [2.24, 2.45) is 0 Å². The first kappa shape index (κ1) is 65.2. The van der Waals surface area contributed by atoms with Crippen molar-refractivity contribution in [1.82, 2.24) is 40.5 Å². The molecule has 0 saturated heterocycles. The van der Waals surface area contributed by atoms with Gasteiger partial charge in [0.05, 0.1) is 89.1 Å². The first-order valence-corrected chi connectivity index (χ1v) is 31.0. The summed E-state index contributed by atoms with van der Waals surface area (Å²) in [5, 5.41) is 13.3. The summed E-state index contributed by atoms with van der Waals surface area (Å²) >= 11 is 25.7. The summed E-state index contributed by atoms with van der Waals surface area (Å²) < 4.78 is 90.9. The second-order valence-electron chi connectivity index (χ2n) is 19.1. The highest BCUT2D eigenvalue weighted by atomic mass is 35.5. The van der Waals surface area contributed by atoms with Crippen molar-refractivity contribution in [3.8, 4) is 0 Å². The fraction of sp³-hybridized carbons (Fsp3) is 0.519. The van der Waals surface area contributed by atoms with Crippen LogP contribution in [0.5, 0.6) is 0 Å². The Morgan fingerprint density at radius 2 is 0.812 bits per heavy atom. The Morgan fingerprint density at radius 3 is 1.19 bits per heavy atom. The lowest BCUT2D eigenvalue weighted by atomic mass is 9.85. The van der Waals surface area contributed by atoms with Crippen LogP contribution in [0.2, 0.25) is 20.1 Å². The van der Waals surface area contributed by atoms with Crippen LogP contribution in [0.1, 0.15) is 58.1 Å². The average Bonchev–Trinajstić information content (AvgIpc) is 3.48. The highest BCUT2D eigenvalue weighted by molar-refractivity contribution is 7.89. The van der Waals surface area contributed by atoms with Crippen molar-refractivity contribution in [2.75, 3.05) is 146 Å². The topological polar surface area (TPSA) is 236 Å². The normalized spacial score (nSPS) is 15.8. The number of carbonyl (C=O) groups is 2. The quantitative estimate of drug-likeness (QED) is 0.0282. The minimum absolute atomic E-state index is 0.0897. The van der Waals surface area contributed by atoms with Crippen LogP contribution in [0.4, 0.5) is 9.59 Å². The van der Waals surface area contributed by atoms with E-state index in [1.165, 1.54) is 0 Å². The molecule has 0 saturated carbocycles. The average molecular weight is 1230 g/mol. The molecule has 0 aliphatic carbocycles. The molecule has 4 aromatic carbocycles. The summed E-state index contributed by atoms with van der Waals surface area (Å²) in [4.78, 5) is 28.8. The van der Waals surface area contributed by atoms with Gasteiger partial charge in [0.25, 0.3) is 0 Å². The van der Waals surface area contributed by atoms with Gasteiger partial charge >= 0.3 is 12.1 Å². The van der Waals surface area contributed by atoms with E-state index in [1.807, 2.05) is 38.4 Å². The summed E-state index contributed by atoms with van der Waals surface area (Å²) in [6.07, 6.45) is 1.34. The number of fused-ring (bicyclic) bond motifs is 2. The number of ether oxygens (including phenoxy) is 6. The molecule has 80 heavy (non-hydrogen) atoms. The molecule has 6 rings (SSSR count). The Kier molecular flexibility index (Phi) is 27.7. The molecule has 20 nitrogen and oxygen atoms in total. The number of hydrogen-bond acceptors (Lipinski definition) is 14. The zero-order valence-electron chi connectivity index (χ0n) is 45.2. The molecule has 6 N–H and O–H groups in total. The van der Waals surface area contributed by atoms with Crippen molar-refractivity contribution in [3.63, 3.8) is 0 Å². The largest absolute Gasteiger partial charge is 0.378 e. The predicted octanol–water partition coefficient (Wildman–Crippen LogP) is 6.19. The Hall–Kier alpha value is -3.92. The van der Waals surface area contributed by atoms with E-state index in [2.05, 4.69) is 40.5 Å². The lowest BCUT2D eigenvalue weighted by Gasteiger charge is -2.33. The van der Waals surface area contributed by atoms with Crippen molar-refractivity contribution >= 4 is 78.5 Å². The van der Waals surface area contributed by atoms with Gasteiger partial charge in [0.2, 0.25) is 20.0 Å². The molecule has 442 valence electrons. The van der Waals surface area contributed by atoms with Crippen LogP contribution in [0.15, 0.2) is 82.6 Å². The Morgan fingerprint density at radius 1 is 0.475 bits per heavy atom. The van der Waals surface area contributed by atoms with Crippen LogP contribution in [-0.4, -0.2) is 184 Å². The minimum atomic E-state index is -3.78. The van der Waals surface area contributed by atoms with Gasteiger partial charge < -0.3 is 59.5 Å². The fourth-order valence-electron chi connectivity index (χ4n) is 9.06. The number of halogens is 4. The molecule has 0 bridgehead atoms. The van der Waals surface area contributed by atoms with Crippen LogP contribution in [0, 0.1) is 0 Å².